The van der Waals surface area contributed by atoms with Gasteiger partial charge in [0.25, 0.3) is 0 Å². The van der Waals surface area contributed by atoms with E-state index in [1.165, 1.54) is 0 Å². The summed E-state index contributed by atoms with van der Waals surface area (Å²) in [6.45, 7) is 2.39. The maximum atomic E-state index is 12.3. The maximum absolute atomic E-state index is 12.3. The van der Waals surface area contributed by atoms with Crippen molar-refractivity contribution in [1.82, 2.24) is 0 Å². The first-order chi connectivity index (χ1) is 9.14. The molecule has 1 fully saturated rings. The number of amides is 1. The minimum atomic E-state index is -0.209. The Morgan fingerprint density at radius 3 is 2.84 bits per heavy atom. The molecule has 19 heavy (non-hydrogen) atoms. The van der Waals surface area contributed by atoms with E-state index in [-0.39, 0.29) is 11.3 Å². The molecule has 2 rings (SSSR count). The number of carbonyl (C=O) groups excluding carboxylic acids is 1. The van der Waals surface area contributed by atoms with Gasteiger partial charge in [0.15, 0.2) is 0 Å². The molecule has 1 saturated carbocycles. The van der Waals surface area contributed by atoms with E-state index in [0.717, 1.165) is 36.9 Å². The molecule has 100 valence electrons. The molecule has 0 heterocycles. The van der Waals surface area contributed by atoms with Crippen molar-refractivity contribution in [2.24, 2.45) is 11.1 Å². The minimum absolute atomic E-state index is 0.119. The van der Waals surface area contributed by atoms with Crippen LogP contribution in [-0.2, 0) is 4.79 Å². The Morgan fingerprint density at radius 2 is 2.16 bits per heavy atom. The molecule has 0 atom stereocenters. The van der Waals surface area contributed by atoms with E-state index in [1.54, 1.807) is 0 Å². The van der Waals surface area contributed by atoms with E-state index in [1.807, 2.05) is 31.2 Å². The van der Waals surface area contributed by atoms with Gasteiger partial charge in [0, 0.05) is 16.7 Å². The predicted molar refractivity (Wildman–Crippen MR) is 77.6 cm³/mol. The van der Waals surface area contributed by atoms with Crippen molar-refractivity contribution in [2.45, 2.75) is 32.6 Å². The van der Waals surface area contributed by atoms with Crippen LogP contribution in [0.3, 0.4) is 0 Å². The number of nitrogens with one attached hydrogen (secondary N) is 1. The summed E-state index contributed by atoms with van der Waals surface area (Å²) in [5.74, 6) is 5.90. The Morgan fingerprint density at radius 1 is 1.42 bits per heavy atom. The van der Waals surface area contributed by atoms with Gasteiger partial charge in [0.1, 0.15) is 0 Å². The van der Waals surface area contributed by atoms with Crippen LogP contribution in [0.4, 0.5) is 5.69 Å². The van der Waals surface area contributed by atoms with E-state index >= 15 is 0 Å². The highest BCUT2D eigenvalue weighted by atomic mass is 16.2. The average Bonchev–Trinajstić information content (AvgIpc) is 2.85. The molecule has 0 aliphatic heterocycles. The van der Waals surface area contributed by atoms with Crippen molar-refractivity contribution in [1.29, 1.82) is 0 Å². The fraction of sp³-hybridized carbons (Fsp3) is 0.438. The highest BCUT2D eigenvalue weighted by Crippen LogP contribution is 2.38. The van der Waals surface area contributed by atoms with Gasteiger partial charge in [-0.15, -0.1) is 0 Å². The zero-order valence-corrected chi connectivity index (χ0v) is 11.3. The van der Waals surface area contributed by atoms with Gasteiger partial charge >= 0.3 is 0 Å². The van der Waals surface area contributed by atoms with Crippen LogP contribution in [0.1, 0.15) is 38.2 Å². The Balaban J connectivity index is 2.08. The van der Waals surface area contributed by atoms with Crippen LogP contribution >= 0.6 is 0 Å². The molecule has 1 aromatic carbocycles. The second kappa shape index (κ2) is 5.90. The van der Waals surface area contributed by atoms with Crippen molar-refractivity contribution >= 4 is 11.6 Å². The highest BCUT2D eigenvalue weighted by Gasteiger charge is 2.36. The normalized spacial score (nSPS) is 16.5. The van der Waals surface area contributed by atoms with Crippen LogP contribution < -0.4 is 11.1 Å². The molecule has 0 bridgehead atoms. The summed E-state index contributed by atoms with van der Waals surface area (Å²) in [7, 11) is 0. The van der Waals surface area contributed by atoms with Gasteiger partial charge < -0.3 is 11.1 Å². The maximum Gasteiger partial charge on any atom is 0.230 e. The number of benzene rings is 1. The van der Waals surface area contributed by atoms with E-state index in [9.17, 15) is 4.79 Å². The predicted octanol–water partition coefficient (Wildman–Crippen LogP) is 2.52. The molecule has 3 N–H and O–H groups in total. The fourth-order valence-corrected chi connectivity index (χ4v) is 2.49. The Bertz CT molecular complexity index is 519. The lowest BCUT2D eigenvalue weighted by Crippen LogP contribution is -2.30. The molecule has 0 saturated heterocycles. The molecule has 0 spiro atoms. The number of rotatable bonds is 2. The molecule has 1 aliphatic carbocycles. The van der Waals surface area contributed by atoms with Gasteiger partial charge in [-0.2, -0.15) is 0 Å². The SMILES string of the molecule is CC1(C(=O)Nc2cccc(C#CCN)c2)CCCC1. The second-order valence-electron chi connectivity index (χ2n) is 5.31. The van der Waals surface area contributed by atoms with Crippen LogP contribution in [0.2, 0.25) is 0 Å². The third-order valence-corrected chi connectivity index (χ3v) is 3.71. The average molecular weight is 256 g/mol. The van der Waals surface area contributed by atoms with Crippen molar-refractivity contribution in [3.05, 3.63) is 29.8 Å². The van der Waals surface area contributed by atoms with E-state index < -0.39 is 0 Å². The molecule has 0 radical (unpaired) electrons. The minimum Gasteiger partial charge on any atom is -0.326 e. The topological polar surface area (TPSA) is 55.1 Å². The molecule has 1 amide bonds. The smallest absolute Gasteiger partial charge is 0.230 e. The van der Waals surface area contributed by atoms with Crippen molar-refractivity contribution in [3.8, 4) is 11.8 Å². The molecular weight excluding hydrogens is 236 g/mol. The standard InChI is InChI=1S/C16H20N2O/c1-16(9-2-3-10-16)15(19)18-14-8-4-6-13(12-14)7-5-11-17/h4,6,8,12H,2-3,9-11,17H2,1H3,(H,18,19). The van der Waals surface area contributed by atoms with Gasteiger partial charge in [-0.05, 0) is 31.0 Å². The zero-order chi connectivity index (χ0) is 13.7. The summed E-state index contributed by atoms with van der Waals surface area (Å²) in [5.41, 5.74) is 6.82. The monoisotopic (exact) mass is 256 g/mol. The fourth-order valence-electron chi connectivity index (χ4n) is 2.49. The van der Waals surface area contributed by atoms with Crippen molar-refractivity contribution in [3.63, 3.8) is 0 Å². The largest absolute Gasteiger partial charge is 0.326 e. The van der Waals surface area contributed by atoms with Gasteiger partial charge in [-0.3, -0.25) is 4.79 Å². The number of hydrogen-bond donors (Lipinski definition) is 2. The lowest BCUT2D eigenvalue weighted by molar-refractivity contribution is -0.124. The number of carbonyl (C=O) groups is 1. The molecule has 3 heteroatoms. The molecule has 0 aromatic heterocycles. The first kappa shape index (κ1) is 13.6. The van der Waals surface area contributed by atoms with Crippen molar-refractivity contribution in [2.75, 3.05) is 11.9 Å². The van der Waals surface area contributed by atoms with Crippen LogP contribution in [0.5, 0.6) is 0 Å². The third kappa shape index (κ3) is 3.36. The van der Waals surface area contributed by atoms with Crippen molar-refractivity contribution < 1.29 is 4.79 Å². The number of hydrogen-bond acceptors (Lipinski definition) is 2. The molecule has 3 nitrogen and oxygen atoms in total. The molecule has 0 unspecified atom stereocenters. The van der Waals surface area contributed by atoms with Crippen LogP contribution in [0, 0.1) is 17.3 Å². The summed E-state index contributed by atoms with van der Waals surface area (Å²) >= 11 is 0. The quantitative estimate of drug-likeness (QED) is 0.799. The number of nitrogens with two attached hydrogens (primary N) is 1. The van der Waals surface area contributed by atoms with Crippen LogP contribution in [0.15, 0.2) is 24.3 Å². The van der Waals surface area contributed by atoms with Gasteiger partial charge in [0.2, 0.25) is 5.91 Å². The van der Waals surface area contributed by atoms with Crippen LogP contribution in [-0.4, -0.2) is 12.5 Å². The zero-order valence-electron chi connectivity index (χ0n) is 11.3. The molecule has 1 aliphatic rings. The van der Waals surface area contributed by atoms with Gasteiger partial charge in [-0.25, -0.2) is 0 Å². The van der Waals surface area contributed by atoms with E-state index in [4.69, 9.17) is 5.73 Å². The molecule has 1 aromatic rings. The summed E-state index contributed by atoms with van der Waals surface area (Å²) in [5, 5.41) is 3.00. The summed E-state index contributed by atoms with van der Waals surface area (Å²) in [6.07, 6.45) is 4.24. The van der Waals surface area contributed by atoms with Crippen LogP contribution in [0.25, 0.3) is 0 Å². The van der Waals surface area contributed by atoms with Gasteiger partial charge in [0.05, 0.1) is 6.54 Å². The highest BCUT2D eigenvalue weighted by molar-refractivity contribution is 5.95. The third-order valence-electron chi connectivity index (χ3n) is 3.71. The Labute approximate surface area is 114 Å². The molecular formula is C16H20N2O. The second-order valence-corrected chi connectivity index (χ2v) is 5.31. The first-order valence-corrected chi connectivity index (χ1v) is 6.74. The lowest BCUT2D eigenvalue weighted by Gasteiger charge is -2.22. The number of anilines is 1. The van der Waals surface area contributed by atoms with Gasteiger partial charge in [-0.1, -0.05) is 37.7 Å². The summed E-state index contributed by atoms with van der Waals surface area (Å²) in [4.78, 5) is 12.3. The Kier molecular flexibility index (Phi) is 4.24. The summed E-state index contributed by atoms with van der Waals surface area (Å²) in [6, 6.07) is 7.59. The lowest BCUT2D eigenvalue weighted by atomic mass is 9.88. The Hall–Kier alpha value is -1.79. The summed E-state index contributed by atoms with van der Waals surface area (Å²) < 4.78 is 0. The van der Waals surface area contributed by atoms with E-state index in [2.05, 4.69) is 17.2 Å². The first-order valence-electron chi connectivity index (χ1n) is 6.74. The van der Waals surface area contributed by atoms with E-state index in [0.29, 0.717) is 6.54 Å².